The molecule has 0 fully saturated rings. The number of nitrogens with zero attached hydrogens (tertiary/aromatic N) is 1. The van der Waals surface area contributed by atoms with Gasteiger partial charge in [-0.3, -0.25) is 10.1 Å². The number of hydrogen-bond acceptors (Lipinski definition) is 5. The number of methoxy groups -OCH3 is 1. The zero-order valence-corrected chi connectivity index (χ0v) is 14.6. The van der Waals surface area contributed by atoms with E-state index in [2.05, 4.69) is 15.9 Å². The Labute approximate surface area is 147 Å². The highest BCUT2D eigenvalue weighted by molar-refractivity contribution is 9.11. The first-order valence-electron chi connectivity index (χ1n) is 7.07. The van der Waals surface area contributed by atoms with Crippen LogP contribution in [-0.2, 0) is 0 Å². The van der Waals surface area contributed by atoms with E-state index in [1.54, 1.807) is 19.2 Å². The van der Waals surface area contributed by atoms with Crippen LogP contribution in [0.3, 0.4) is 0 Å². The lowest BCUT2D eigenvalue weighted by Crippen LogP contribution is -2.00. The standard InChI is InChI=1S/C17H16BrNO5/c1-22-15-6-8-17(9-7-15)24-12-13(18)10-11-23-16-4-2-14(3-5-16)19(20)21/h2-10H,11-12H2,1H3/b13-10-. The van der Waals surface area contributed by atoms with Gasteiger partial charge in [0.2, 0.25) is 0 Å². The summed E-state index contributed by atoms with van der Waals surface area (Å²) in [6.45, 7) is 0.695. The Bertz CT molecular complexity index is 698. The van der Waals surface area contributed by atoms with Gasteiger partial charge in [0, 0.05) is 16.6 Å². The quantitative estimate of drug-likeness (QED) is 0.492. The number of non-ortho nitro benzene ring substituents is 1. The van der Waals surface area contributed by atoms with Crippen LogP contribution in [0.15, 0.2) is 59.1 Å². The van der Waals surface area contributed by atoms with Gasteiger partial charge in [-0.1, -0.05) is 15.9 Å². The third-order valence-electron chi connectivity index (χ3n) is 3.04. The molecule has 7 heteroatoms. The fourth-order valence-electron chi connectivity index (χ4n) is 1.78. The molecule has 0 spiro atoms. The maximum absolute atomic E-state index is 10.6. The van der Waals surface area contributed by atoms with E-state index < -0.39 is 4.92 Å². The molecule has 2 rings (SSSR count). The Kier molecular flexibility index (Phi) is 6.62. The second kappa shape index (κ2) is 8.93. The molecule has 0 radical (unpaired) electrons. The Morgan fingerprint density at radius 1 is 1.04 bits per heavy atom. The largest absolute Gasteiger partial charge is 0.497 e. The number of nitro benzene ring substituents is 1. The van der Waals surface area contributed by atoms with Gasteiger partial charge in [-0.25, -0.2) is 0 Å². The molecule has 0 saturated heterocycles. The number of nitro groups is 1. The summed E-state index contributed by atoms with van der Waals surface area (Å²) in [5, 5.41) is 10.6. The number of benzene rings is 2. The lowest BCUT2D eigenvalue weighted by atomic mass is 10.3. The smallest absolute Gasteiger partial charge is 0.269 e. The molecule has 0 aliphatic rings. The van der Waals surface area contributed by atoms with Crippen LogP contribution >= 0.6 is 15.9 Å². The Morgan fingerprint density at radius 3 is 2.17 bits per heavy atom. The number of ether oxygens (including phenoxy) is 3. The molecule has 0 amide bonds. The molecular weight excluding hydrogens is 378 g/mol. The predicted octanol–water partition coefficient (Wildman–Crippen LogP) is 4.34. The molecular formula is C17H16BrNO5. The van der Waals surface area contributed by atoms with Crippen molar-refractivity contribution in [2.24, 2.45) is 0 Å². The Hall–Kier alpha value is -2.54. The highest BCUT2D eigenvalue weighted by atomic mass is 79.9. The van der Waals surface area contributed by atoms with Crippen molar-refractivity contribution >= 4 is 21.6 Å². The molecule has 0 aliphatic carbocycles. The Balaban J connectivity index is 1.77. The van der Waals surface area contributed by atoms with Gasteiger partial charge in [0.25, 0.3) is 5.69 Å². The van der Waals surface area contributed by atoms with Crippen LogP contribution in [0, 0.1) is 10.1 Å². The van der Waals surface area contributed by atoms with E-state index in [1.165, 1.54) is 12.1 Å². The summed E-state index contributed by atoms with van der Waals surface area (Å²) < 4.78 is 17.0. The summed E-state index contributed by atoms with van der Waals surface area (Å²) in [6.07, 6.45) is 1.82. The van der Waals surface area contributed by atoms with E-state index in [1.807, 2.05) is 30.3 Å². The molecule has 126 valence electrons. The maximum atomic E-state index is 10.6. The lowest BCUT2D eigenvalue weighted by Gasteiger charge is -2.07. The van der Waals surface area contributed by atoms with Crippen molar-refractivity contribution in [3.63, 3.8) is 0 Å². The average molecular weight is 394 g/mol. The highest BCUT2D eigenvalue weighted by Gasteiger charge is 2.04. The van der Waals surface area contributed by atoms with Gasteiger partial charge in [0.1, 0.15) is 30.5 Å². The van der Waals surface area contributed by atoms with Gasteiger partial charge >= 0.3 is 0 Å². The molecule has 0 saturated carbocycles. The third kappa shape index (κ3) is 5.58. The first-order valence-corrected chi connectivity index (χ1v) is 7.86. The zero-order valence-electron chi connectivity index (χ0n) is 13.0. The SMILES string of the molecule is COc1ccc(OC/C(Br)=C/COc2ccc([N+](=O)[O-])cc2)cc1. The van der Waals surface area contributed by atoms with Crippen molar-refractivity contribution in [2.75, 3.05) is 20.3 Å². The molecule has 0 aliphatic heterocycles. The van der Waals surface area contributed by atoms with Gasteiger partial charge in [-0.15, -0.1) is 0 Å². The summed E-state index contributed by atoms with van der Waals surface area (Å²) in [5.74, 6) is 2.07. The normalized spacial score (nSPS) is 11.0. The van der Waals surface area contributed by atoms with Crippen molar-refractivity contribution in [1.29, 1.82) is 0 Å². The zero-order chi connectivity index (χ0) is 17.4. The van der Waals surface area contributed by atoms with Crippen molar-refractivity contribution in [1.82, 2.24) is 0 Å². The van der Waals surface area contributed by atoms with E-state index in [-0.39, 0.29) is 5.69 Å². The molecule has 2 aromatic rings. The van der Waals surface area contributed by atoms with Crippen LogP contribution in [0.4, 0.5) is 5.69 Å². The Morgan fingerprint density at radius 2 is 1.58 bits per heavy atom. The topological polar surface area (TPSA) is 70.8 Å². The number of rotatable bonds is 8. The molecule has 0 bridgehead atoms. The van der Waals surface area contributed by atoms with Crippen LogP contribution in [0.2, 0.25) is 0 Å². The fourth-order valence-corrected chi connectivity index (χ4v) is 2.02. The van der Waals surface area contributed by atoms with Gasteiger partial charge in [0.05, 0.1) is 12.0 Å². The summed E-state index contributed by atoms with van der Waals surface area (Å²) in [4.78, 5) is 10.1. The second-order valence-electron chi connectivity index (χ2n) is 4.68. The summed E-state index contributed by atoms with van der Waals surface area (Å²) in [5.41, 5.74) is 0.0342. The molecule has 0 aromatic heterocycles. The minimum absolute atomic E-state index is 0.0342. The van der Waals surface area contributed by atoms with Crippen LogP contribution in [0.5, 0.6) is 17.2 Å². The summed E-state index contributed by atoms with van der Waals surface area (Å²) in [6, 6.07) is 13.2. The molecule has 0 heterocycles. The predicted molar refractivity (Wildman–Crippen MR) is 94.1 cm³/mol. The second-order valence-corrected chi connectivity index (χ2v) is 5.70. The van der Waals surface area contributed by atoms with Gasteiger partial charge in [-0.05, 0) is 42.5 Å². The van der Waals surface area contributed by atoms with Gasteiger partial charge < -0.3 is 14.2 Å². The van der Waals surface area contributed by atoms with Crippen LogP contribution in [-0.4, -0.2) is 25.2 Å². The van der Waals surface area contributed by atoms with Gasteiger partial charge in [-0.2, -0.15) is 0 Å². The van der Waals surface area contributed by atoms with Crippen molar-refractivity contribution in [3.05, 3.63) is 69.2 Å². The molecule has 24 heavy (non-hydrogen) atoms. The highest BCUT2D eigenvalue weighted by Crippen LogP contribution is 2.19. The van der Waals surface area contributed by atoms with Crippen LogP contribution < -0.4 is 14.2 Å². The maximum Gasteiger partial charge on any atom is 0.269 e. The number of hydrogen-bond donors (Lipinski definition) is 0. The first-order chi connectivity index (χ1) is 11.6. The van der Waals surface area contributed by atoms with E-state index in [9.17, 15) is 10.1 Å². The monoisotopic (exact) mass is 393 g/mol. The number of halogens is 1. The van der Waals surface area contributed by atoms with E-state index >= 15 is 0 Å². The molecule has 0 unspecified atom stereocenters. The molecule has 0 atom stereocenters. The van der Waals surface area contributed by atoms with Crippen LogP contribution in [0.1, 0.15) is 0 Å². The minimum Gasteiger partial charge on any atom is -0.497 e. The lowest BCUT2D eigenvalue weighted by molar-refractivity contribution is -0.384. The van der Waals surface area contributed by atoms with E-state index in [0.29, 0.717) is 19.0 Å². The fraction of sp³-hybridized carbons (Fsp3) is 0.176. The summed E-state index contributed by atoms with van der Waals surface area (Å²) in [7, 11) is 1.61. The minimum atomic E-state index is -0.448. The third-order valence-corrected chi connectivity index (χ3v) is 3.59. The molecule has 0 N–H and O–H groups in total. The summed E-state index contributed by atoms with van der Waals surface area (Å²) >= 11 is 3.41. The first kappa shape index (κ1) is 17.8. The average Bonchev–Trinajstić information content (AvgIpc) is 2.61. The van der Waals surface area contributed by atoms with Crippen LogP contribution in [0.25, 0.3) is 0 Å². The molecule has 2 aromatic carbocycles. The van der Waals surface area contributed by atoms with Crippen molar-refractivity contribution in [2.45, 2.75) is 0 Å². The molecule has 6 nitrogen and oxygen atoms in total. The van der Waals surface area contributed by atoms with E-state index in [0.717, 1.165) is 16.0 Å². The van der Waals surface area contributed by atoms with Gasteiger partial charge in [0.15, 0.2) is 0 Å². The van der Waals surface area contributed by atoms with E-state index in [4.69, 9.17) is 14.2 Å². The van der Waals surface area contributed by atoms with Crippen molar-refractivity contribution in [3.8, 4) is 17.2 Å². The van der Waals surface area contributed by atoms with Crippen molar-refractivity contribution < 1.29 is 19.1 Å².